The maximum atomic E-state index is 12.5. The Morgan fingerprint density at radius 1 is 1.15 bits per heavy atom. The second kappa shape index (κ2) is 8.70. The monoisotopic (exact) mass is 354 g/mol. The highest BCUT2D eigenvalue weighted by atomic mass is 16.3. The van der Waals surface area contributed by atoms with E-state index < -0.39 is 0 Å². The molecule has 1 saturated heterocycles. The number of carbonyl (C=O) groups excluding carboxylic acids is 2. The van der Waals surface area contributed by atoms with E-state index in [1.54, 1.807) is 17.0 Å². The van der Waals surface area contributed by atoms with E-state index in [-0.39, 0.29) is 23.8 Å². The molecule has 3 rings (SSSR count). The van der Waals surface area contributed by atoms with Gasteiger partial charge in [0.15, 0.2) is 5.76 Å². The fraction of sp³-hybridized carbons (Fsp3) is 0.429. The van der Waals surface area contributed by atoms with E-state index in [0.29, 0.717) is 31.7 Å². The van der Waals surface area contributed by atoms with Crippen LogP contribution in [0.4, 0.5) is 0 Å². The number of hydrogen-bond acceptors (Lipinski definition) is 3. The van der Waals surface area contributed by atoms with E-state index in [1.165, 1.54) is 11.8 Å². The van der Waals surface area contributed by atoms with E-state index in [2.05, 4.69) is 24.4 Å². The summed E-state index contributed by atoms with van der Waals surface area (Å²) in [6.07, 6.45) is 4.78. The molecule has 0 radical (unpaired) electrons. The average molecular weight is 354 g/mol. The van der Waals surface area contributed by atoms with Crippen LogP contribution in [0, 0.1) is 5.92 Å². The van der Waals surface area contributed by atoms with Gasteiger partial charge in [0.25, 0.3) is 5.91 Å². The largest absolute Gasteiger partial charge is 0.459 e. The third-order valence-corrected chi connectivity index (χ3v) is 4.98. The number of furan rings is 1. The van der Waals surface area contributed by atoms with Crippen molar-refractivity contribution >= 4 is 11.8 Å². The van der Waals surface area contributed by atoms with Gasteiger partial charge in [0.1, 0.15) is 0 Å². The van der Waals surface area contributed by atoms with Gasteiger partial charge in [0, 0.05) is 25.0 Å². The van der Waals surface area contributed by atoms with Gasteiger partial charge in [-0.3, -0.25) is 9.59 Å². The van der Waals surface area contributed by atoms with Gasteiger partial charge < -0.3 is 14.6 Å². The zero-order chi connectivity index (χ0) is 18.4. The number of piperidine rings is 1. The van der Waals surface area contributed by atoms with Crippen LogP contribution in [-0.4, -0.2) is 35.8 Å². The Bertz CT molecular complexity index is 704. The Morgan fingerprint density at radius 2 is 1.88 bits per heavy atom. The molecule has 1 unspecified atom stereocenters. The van der Waals surface area contributed by atoms with Gasteiger partial charge >= 0.3 is 0 Å². The first-order valence-corrected chi connectivity index (χ1v) is 9.30. The minimum atomic E-state index is -0.0925. The van der Waals surface area contributed by atoms with Crippen LogP contribution in [0.1, 0.15) is 42.3 Å². The maximum absolute atomic E-state index is 12.5. The molecule has 1 N–H and O–H groups in total. The first kappa shape index (κ1) is 18.2. The lowest BCUT2D eigenvalue weighted by Crippen LogP contribution is -2.44. The minimum absolute atomic E-state index is 0.0187. The standard InChI is InChI=1S/C21H26N2O3/c1-16(9-10-17-6-3-2-4-7-17)22-20(24)18-11-13-23(14-12-18)21(25)19-8-5-15-26-19/h2-8,15-16,18H,9-14H2,1H3,(H,22,24). The second-order valence-corrected chi connectivity index (χ2v) is 6.98. The van der Waals surface area contributed by atoms with Crippen molar-refractivity contribution in [3.8, 4) is 0 Å². The zero-order valence-corrected chi connectivity index (χ0v) is 15.2. The van der Waals surface area contributed by atoms with E-state index in [1.807, 2.05) is 18.2 Å². The molecule has 1 fully saturated rings. The maximum Gasteiger partial charge on any atom is 0.289 e. The normalized spacial score (nSPS) is 16.3. The van der Waals surface area contributed by atoms with Crippen LogP contribution in [0.3, 0.4) is 0 Å². The summed E-state index contributed by atoms with van der Waals surface area (Å²) < 4.78 is 5.17. The van der Waals surface area contributed by atoms with Gasteiger partial charge in [0.05, 0.1) is 6.26 Å². The summed E-state index contributed by atoms with van der Waals surface area (Å²) in [4.78, 5) is 26.5. The van der Waals surface area contributed by atoms with Gasteiger partial charge in [-0.15, -0.1) is 0 Å². The molecule has 2 aromatic rings. The molecule has 1 aromatic carbocycles. The van der Waals surface area contributed by atoms with Gasteiger partial charge in [-0.25, -0.2) is 0 Å². The van der Waals surface area contributed by atoms with E-state index in [4.69, 9.17) is 4.42 Å². The first-order chi connectivity index (χ1) is 12.6. The molecule has 0 bridgehead atoms. The molecule has 138 valence electrons. The molecule has 2 amide bonds. The molecule has 1 atom stereocenters. The Hall–Kier alpha value is -2.56. The fourth-order valence-electron chi connectivity index (χ4n) is 3.36. The number of rotatable bonds is 6. The second-order valence-electron chi connectivity index (χ2n) is 6.98. The van der Waals surface area contributed by atoms with Crippen LogP contribution in [-0.2, 0) is 11.2 Å². The average Bonchev–Trinajstić information content (AvgIpc) is 3.21. The number of amides is 2. The summed E-state index contributed by atoms with van der Waals surface area (Å²) in [5, 5.41) is 3.13. The minimum Gasteiger partial charge on any atom is -0.459 e. The van der Waals surface area contributed by atoms with E-state index >= 15 is 0 Å². The van der Waals surface area contributed by atoms with E-state index in [0.717, 1.165) is 12.8 Å². The number of nitrogens with one attached hydrogen (secondary N) is 1. The molecule has 0 spiro atoms. The van der Waals surface area contributed by atoms with Crippen molar-refractivity contribution in [1.82, 2.24) is 10.2 Å². The Kier molecular flexibility index (Phi) is 6.10. The van der Waals surface area contributed by atoms with Crippen LogP contribution in [0.2, 0.25) is 0 Å². The highest BCUT2D eigenvalue weighted by Gasteiger charge is 2.29. The third-order valence-electron chi connectivity index (χ3n) is 4.98. The molecule has 1 aliphatic rings. The number of nitrogens with zero attached hydrogens (tertiary/aromatic N) is 1. The van der Waals surface area contributed by atoms with Crippen molar-refractivity contribution < 1.29 is 14.0 Å². The molecule has 26 heavy (non-hydrogen) atoms. The molecule has 5 nitrogen and oxygen atoms in total. The molecular formula is C21H26N2O3. The number of carbonyl (C=O) groups is 2. The summed E-state index contributed by atoms with van der Waals surface area (Å²) in [6, 6.07) is 13.8. The van der Waals surface area contributed by atoms with Crippen LogP contribution in [0.5, 0.6) is 0 Å². The number of aryl methyl sites for hydroxylation is 1. The third kappa shape index (κ3) is 4.75. The Labute approximate surface area is 154 Å². The zero-order valence-electron chi connectivity index (χ0n) is 15.2. The van der Waals surface area contributed by atoms with E-state index in [9.17, 15) is 9.59 Å². The quantitative estimate of drug-likeness (QED) is 0.866. The number of hydrogen-bond donors (Lipinski definition) is 1. The van der Waals surface area contributed by atoms with Crippen molar-refractivity contribution in [3.63, 3.8) is 0 Å². The van der Waals surface area contributed by atoms with Crippen molar-refractivity contribution in [2.24, 2.45) is 5.92 Å². The first-order valence-electron chi connectivity index (χ1n) is 9.30. The topological polar surface area (TPSA) is 62.6 Å². The number of benzene rings is 1. The van der Waals surface area contributed by atoms with Gasteiger partial charge in [-0.05, 0) is 50.3 Å². The van der Waals surface area contributed by atoms with Crippen molar-refractivity contribution in [2.75, 3.05) is 13.1 Å². The molecule has 0 aliphatic carbocycles. The molecule has 1 aliphatic heterocycles. The summed E-state index contributed by atoms with van der Waals surface area (Å²) in [6.45, 7) is 3.24. The summed E-state index contributed by atoms with van der Waals surface area (Å²) in [7, 11) is 0. The Balaban J connectivity index is 1.41. The predicted octanol–water partition coefficient (Wildman–Crippen LogP) is 3.27. The van der Waals surface area contributed by atoms with Gasteiger partial charge in [-0.1, -0.05) is 30.3 Å². The molecule has 5 heteroatoms. The fourth-order valence-corrected chi connectivity index (χ4v) is 3.36. The van der Waals surface area contributed by atoms with Crippen LogP contribution >= 0.6 is 0 Å². The van der Waals surface area contributed by atoms with Crippen LogP contribution in [0.15, 0.2) is 53.1 Å². The lowest BCUT2D eigenvalue weighted by atomic mass is 9.95. The summed E-state index contributed by atoms with van der Waals surface area (Å²) in [5.74, 6) is 0.359. The molecule has 2 heterocycles. The summed E-state index contributed by atoms with van der Waals surface area (Å²) in [5.41, 5.74) is 1.29. The lowest BCUT2D eigenvalue weighted by Gasteiger charge is -2.31. The van der Waals surface area contributed by atoms with Crippen molar-refractivity contribution in [1.29, 1.82) is 0 Å². The van der Waals surface area contributed by atoms with Gasteiger partial charge in [0.2, 0.25) is 5.91 Å². The molecular weight excluding hydrogens is 328 g/mol. The molecule has 0 saturated carbocycles. The number of likely N-dealkylation sites (tertiary alicyclic amines) is 1. The molecule has 1 aromatic heterocycles. The smallest absolute Gasteiger partial charge is 0.289 e. The SMILES string of the molecule is CC(CCc1ccccc1)NC(=O)C1CCN(C(=O)c2ccco2)CC1. The van der Waals surface area contributed by atoms with Crippen LogP contribution in [0.25, 0.3) is 0 Å². The summed E-state index contributed by atoms with van der Waals surface area (Å²) >= 11 is 0. The van der Waals surface area contributed by atoms with Crippen molar-refractivity contribution in [2.45, 2.75) is 38.6 Å². The highest BCUT2D eigenvalue weighted by Crippen LogP contribution is 2.20. The van der Waals surface area contributed by atoms with Crippen LogP contribution < -0.4 is 5.32 Å². The van der Waals surface area contributed by atoms with Gasteiger partial charge in [-0.2, -0.15) is 0 Å². The highest BCUT2D eigenvalue weighted by molar-refractivity contribution is 5.91. The predicted molar refractivity (Wildman–Crippen MR) is 99.7 cm³/mol. The van der Waals surface area contributed by atoms with Crippen molar-refractivity contribution in [3.05, 3.63) is 60.1 Å². The lowest BCUT2D eigenvalue weighted by molar-refractivity contribution is -0.126. The Morgan fingerprint density at radius 3 is 2.54 bits per heavy atom.